The molecular weight excluding hydrogens is 1280 g/mol. The van der Waals surface area contributed by atoms with Gasteiger partial charge in [0, 0.05) is 136 Å². The zero-order valence-corrected chi connectivity index (χ0v) is 51.4. The number of hydrogen-bond acceptors (Lipinski definition) is 9. The molecular formula is C64H63BF2I2N14O. The molecule has 84 heavy (non-hydrogen) atoms. The van der Waals surface area contributed by atoms with Crippen molar-refractivity contribution in [2.75, 3.05) is 72.6 Å². The molecule has 2 saturated heterocycles. The summed E-state index contributed by atoms with van der Waals surface area (Å²) in [6, 6.07) is 37.4. The largest absolute Gasteiger partial charge is 0.737 e. The Labute approximate surface area is 512 Å². The number of methoxy groups -OCH3 is 1. The molecule has 0 saturated carbocycles. The molecule has 0 radical (unpaired) electrons. The third kappa shape index (κ3) is 9.94. The number of nitrogens with zero attached hydrogens (tertiary/aromatic N) is 12. The van der Waals surface area contributed by atoms with Crippen molar-refractivity contribution in [1.82, 2.24) is 64.0 Å². The van der Waals surface area contributed by atoms with Gasteiger partial charge in [0.05, 0.1) is 54.8 Å². The molecule has 4 aliphatic rings. The van der Waals surface area contributed by atoms with Crippen LogP contribution in [0.25, 0.3) is 67.4 Å². The molecule has 2 fully saturated rings. The number of ether oxygens (including phenoxy) is 1. The van der Waals surface area contributed by atoms with Crippen molar-refractivity contribution in [2.45, 2.75) is 40.0 Å². The number of rotatable bonds is 16. The molecule has 0 amide bonds. The standard InChI is InChI=1S/C64H63BF2I2N14O/c1-42-61(68)58(22-14-44-12-20-56-52(36-44)50-8-4-6-10-54(50)80(56)40-47-38-78(74-72-47)34-32-76-28-24-70-25-29-76)82-63(42)60(46-16-18-49(84-3)19-17-46)64-43(2)62(69)59(83(64)65(82,66)67)23-15-45-13-21-57-53(37-45)51-9-5-7-11-55(51)81(57)41-48-39-79(75-73-48)35-33-77-30-26-71-27-31-77/h4-23,36-39,70-71H,24-35,40-41H2,1-3H3/b22-14+,23-15+. The average molecular weight is 1350 g/mol. The third-order valence-corrected chi connectivity index (χ3v) is 20.0. The topological polar surface area (TPSA) is 119 Å². The number of halogens is 4. The second-order valence-corrected chi connectivity index (χ2v) is 24.5. The highest BCUT2D eigenvalue weighted by molar-refractivity contribution is 14.1. The Morgan fingerprint density at radius 2 is 1.13 bits per heavy atom. The number of allylic oxidation sites excluding steroid dienone is 3. The van der Waals surface area contributed by atoms with Crippen molar-refractivity contribution in [3.05, 3.63) is 191 Å². The molecule has 0 unspecified atom stereocenters. The van der Waals surface area contributed by atoms with E-state index >= 15 is 8.63 Å². The Bertz CT molecular complexity index is 4380. The van der Waals surface area contributed by atoms with Crippen LogP contribution >= 0.6 is 45.2 Å². The number of para-hydroxylation sites is 2. The first-order chi connectivity index (χ1) is 41.0. The maximum Gasteiger partial charge on any atom is 0.737 e. The second kappa shape index (κ2) is 22.7. The lowest BCUT2D eigenvalue weighted by molar-refractivity contribution is -0.362. The lowest BCUT2D eigenvalue weighted by atomic mass is 9.83. The van der Waals surface area contributed by atoms with Gasteiger partial charge < -0.3 is 42.1 Å². The lowest BCUT2D eigenvalue weighted by Crippen LogP contribution is -2.51. The highest BCUT2D eigenvalue weighted by Crippen LogP contribution is 2.49. The van der Waals surface area contributed by atoms with E-state index in [0.29, 0.717) is 41.6 Å². The number of benzene rings is 5. The van der Waals surface area contributed by atoms with Crippen molar-refractivity contribution >= 4 is 125 Å². The van der Waals surface area contributed by atoms with Crippen LogP contribution < -0.4 is 15.4 Å². The minimum absolute atomic E-state index is 0.447. The van der Waals surface area contributed by atoms with Gasteiger partial charge in [0.25, 0.3) is 0 Å². The molecule has 14 rings (SSSR count). The van der Waals surface area contributed by atoms with E-state index < -0.39 is 6.97 Å². The maximum atomic E-state index is 18.6. The fraction of sp³-hybridized carbons (Fsp3) is 0.266. The smallest absolute Gasteiger partial charge is 0.497 e. The van der Waals surface area contributed by atoms with Crippen molar-refractivity contribution in [1.29, 1.82) is 0 Å². The van der Waals surface area contributed by atoms with Gasteiger partial charge in [-0.2, -0.15) is 0 Å². The number of hydrogen-bond donors (Lipinski definition) is 2. The summed E-state index contributed by atoms with van der Waals surface area (Å²) in [5.41, 5.74) is 13.0. The summed E-state index contributed by atoms with van der Waals surface area (Å²) in [7, 11) is 1.64. The average Bonchev–Trinajstić information content (AvgIpc) is 2.05. The minimum atomic E-state index is -4.48. The SMILES string of the molecule is COc1ccc(C2=C3C(C)=C(I)C(/C=C/c4ccc5c(c4)c4ccccc4n5Cc4cn(CCN5CCNCC5)nn4)=[N+]3[B-](F)(F)n3c(/C=C/c4ccc5c(c4)c4ccccc4n5Cc4cn(CCN5CCNCC5)nn4)c(I)c(C)c32)cc1. The van der Waals surface area contributed by atoms with Gasteiger partial charge in [-0.05, 0) is 142 Å². The molecule has 15 nitrogen and oxygen atoms in total. The van der Waals surface area contributed by atoms with Crippen molar-refractivity contribution in [2.24, 2.45) is 0 Å². The molecule has 0 atom stereocenters. The van der Waals surface area contributed by atoms with Crippen LogP contribution in [0.1, 0.15) is 52.0 Å². The summed E-state index contributed by atoms with van der Waals surface area (Å²) in [4.78, 5) is 4.91. The molecule has 0 aliphatic carbocycles. The van der Waals surface area contributed by atoms with E-state index in [1.165, 1.54) is 8.96 Å². The first kappa shape index (κ1) is 54.8. The first-order valence-electron chi connectivity index (χ1n) is 28.9. The molecule has 2 N–H and O–H groups in total. The molecule has 0 spiro atoms. The van der Waals surface area contributed by atoms with Crippen LogP contribution in [0.2, 0.25) is 0 Å². The quantitative estimate of drug-likeness (QED) is 0.0720. The number of aromatic nitrogens is 9. The highest BCUT2D eigenvalue weighted by atomic mass is 127. The van der Waals surface area contributed by atoms with E-state index in [4.69, 9.17) is 4.74 Å². The summed E-state index contributed by atoms with van der Waals surface area (Å²) in [6.07, 6.45) is 11.8. The van der Waals surface area contributed by atoms with Gasteiger partial charge in [-0.3, -0.25) is 19.2 Å². The molecule has 4 aliphatic heterocycles. The van der Waals surface area contributed by atoms with E-state index in [1.54, 1.807) is 7.11 Å². The van der Waals surface area contributed by atoms with Gasteiger partial charge in [-0.15, -0.1) is 10.2 Å². The summed E-state index contributed by atoms with van der Waals surface area (Å²) in [5.74, 6) is 0.690. The fourth-order valence-corrected chi connectivity index (χ4v) is 14.4. The molecule has 5 aromatic heterocycles. The van der Waals surface area contributed by atoms with Crippen LogP contribution in [0.3, 0.4) is 0 Å². The van der Waals surface area contributed by atoms with Crippen molar-refractivity contribution in [3.8, 4) is 5.75 Å². The van der Waals surface area contributed by atoms with Gasteiger partial charge in [0.2, 0.25) is 0 Å². The summed E-state index contributed by atoms with van der Waals surface area (Å²) in [5, 5.41) is 29.4. The normalized spacial score (nSPS) is 17.0. The van der Waals surface area contributed by atoms with Crippen LogP contribution in [0.15, 0.2) is 143 Å². The Balaban J connectivity index is 0.809. The summed E-state index contributed by atoms with van der Waals surface area (Å²) >= 11 is 4.55. The minimum Gasteiger partial charge on any atom is -0.497 e. The number of nitrogens with one attached hydrogen (secondary N) is 2. The van der Waals surface area contributed by atoms with Gasteiger partial charge in [-0.1, -0.05) is 77.2 Å². The zero-order valence-electron chi connectivity index (χ0n) is 47.1. The summed E-state index contributed by atoms with van der Waals surface area (Å²) in [6.45, 7) is 12.2. The first-order valence-corrected chi connectivity index (χ1v) is 31.0. The summed E-state index contributed by atoms with van der Waals surface area (Å²) < 4.78 is 55.5. The monoisotopic (exact) mass is 1350 g/mol. The highest BCUT2D eigenvalue weighted by Gasteiger charge is 2.57. The van der Waals surface area contributed by atoms with Crippen molar-refractivity contribution in [3.63, 3.8) is 0 Å². The van der Waals surface area contributed by atoms with E-state index in [-0.39, 0.29) is 0 Å². The second-order valence-electron chi connectivity index (χ2n) is 22.3. The maximum absolute atomic E-state index is 18.6. The van der Waals surface area contributed by atoms with Gasteiger partial charge in [-0.25, -0.2) is 0 Å². The van der Waals surface area contributed by atoms with Crippen LogP contribution in [0.4, 0.5) is 8.63 Å². The van der Waals surface area contributed by atoms with Crippen LogP contribution in [-0.4, -0.2) is 143 Å². The molecule has 20 heteroatoms. The fourth-order valence-electron chi connectivity index (χ4n) is 13.0. The lowest BCUT2D eigenvalue weighted by Gasteiger charge is -2.34. The van der Waals surface area contributed by atoms with Crippen molar-refractivity contribution < 1.29 is 17.9 Å². The Morgan fingerprint density at radius 3 is 1.67 bits per heavy atom. The molecule has 5 aromatic carbocycles. The van der Waals surface area contributed by atoms with Gasteiger partial charge in [0.15, 0.2) is 11.4 Å². The van der Waals surface area contributed by atoms with Gasteiger partial charge >= 0.3 is 6.97 Å². The van der Waals surface area contributed by atoms with E-state index in [1.807, 2.05) is 71.8 Å². The van der Waals surface area contributed by atoms with E-state index in [0.717, 1.165) is 174 Å². The Hall–Kier alpha value is -7.09. The van der Waals surface area contributed by atoms with Gasteiger partial charge in [0.1, 0.15) is 17.1 Å². The van der Waals surface area contributed by atoms with Crippen LogP contribution in [0.5, 0.6) is 5.75 Å². The van der Waals surface area contributed by atoms with Crippen LogP contribution in [-0.2, 0) is 26.2 Å². The zero-order chi connectivity index (χ0) is 57.2. The Kier molecular flexibility index (Phi) is 14.8. The van der Waals surface area contributed by atoms with Crippen LogP contribution in [0, 0.1) is 10.5 Å². The van der Waals surface area contributed by atoms with E-state index in [9.17, 15) is 0 Å². The number of piperazine rings is 2. The molecule has 10 aromatic rings. The third-order valence-electron chi connectivity index (χ3n) is 17.3. The predicted molar refractivity (Wildman–Crippen MR) is 350 cm³/mol. The molecule has 0 bridgehead atoms. The van der Waals surface area contributed by atoms with E-state index in [2.05, 4.69) is 193 Å². The molecule has 426 valence electrons. The predicted octanol–water partition coefficient (Wildman–Crippen LogP) is 10.8. The molecule has 9 heterocycles. The number of fused-ring (bicyclic) bond motifs is 8. The Morgan fingerprint density at radius 1 is 0.619 bits per heavy atom.